The quantitative estimate of drug-likeness (QED) is 0.803. The van der Waals surface area contributed by atoms with Crippen LogP contribution in [-0.2, 0) is 17.1 Å². The largest absolute Gasteiger partial charge is 0.354 e. The molecular formula is C14H23ClN4O3S. The van der Waals surface area contributed by atoms with Crippen molar-refractivity contribution in [2.45, 2.75) is 23.8 Å². The van der Waals surface area contributed by atoms with Gasteiger partial charge in [0.2, 0.25) is 10.0 Å². The molecule has 2 saturated heterocycles. The molecule has 2 aliphatic rings. The van der Waals surface area contributed by atoms with E-state index in [1.165, 1.54) is 19.3 Å². The molecule has 1 aromatic rings. The van der Waals surface area contributed by atoms with Crippen molar-refractivity contribution in [1.29, 1.82) is 0 Å². The normalized spacial score (nSPS) is 24.8. The lowest BCUT2D eigenvalue weighted by atomic mass is 9.95. The number of hydrogen-bond acceptors (Lipinski definition) is 4. The van der Waals surface area contributed by atoms with Gasteiger partial charge < -0.3 is 15.2 Å². The first-order valence-corrected chi connectivity index (χ1v) is 8.99. The summed E-state index contributed by atoms with van der Waals surface area (Å²) in [5.74, 6) is 0.105. The Labute approximate surface area is 142 Å². The first kappa shape index (κ1) is 18.3. The summed E-state index contributed by atoms with van der Waals surface area (Å²) in [4.78, 5) is 11.9. The Morgan fingerprint density at radius 2 is 2.13 bits per heavy atom. The van der Waals surface area contributed by atoms with E-state index in [2.05, 4.69) is 10.6 Å². The first-order chi connectivity index (χ1) is 10.4. The molecule has 3 rings (SSSR count). The van der Waals surface area contributed by atoms with Crippen molar-refractivity contribution in [1.82, 2.24) is 19.5 Å². The highest BCUT2D eigenvalue weighted by Crippen LogP contribution is 2.29. The topological polar surface area (TPSA) is 83.4 Å². The van der Waals surface area contributed by atoms with E-state index in [0.717, 1.165) is 19.4 Å². The van der Waals surface area contributed by atoms with E-state index in [9.17, 15) is 13.2 Å². The third-order valence-electron chi connectivity index (χ3n) is 4.70. The van der Waals surface area contributed by atoms with Crippen LogP contribution in [0, 0.1) is 5.92 Å². The first-order valence-electron chi connectivity index (χ1n) is 7.55. The molecular weight excluding hydrogens is 340 g/mol. The van der Waals surface area contributed by atoms with Gasteiger partial charge in [0.05, 0.1) is 0 Å². The molecule has 0 radical (unpaired) electrons. The van der Waals surface area contributed by atoms with Gasteiger partial charge in [-0.25, -0.2) is 8.42 Å². The fourth-order valence-electron chi connectivity index (χ4n) is 3.41. The molecule has 2 atom stereocenters. The molecule has 0 bridgehead atoms. The Morgan fingerprint density at radius 1 is 1.39 bits per heavy atom. The highest BCUT2D eigenvalue weighted by atomic mass is 35.5. The fraction of sp³-hybridized carbons (Fsp3) is 0.643. The second-order valence-electron chi connectivity index (χ2n) is 6.01. The zero-order valence-corrected chi connectivity index (χ0v) is 14.9. The van der Waals surface area contributed by atoms with E-state index < -0.39 is 10.0 Å². The number of halogens is 1. The van der Waals surface area contributed by atoms with Crippen molar-refractivity contribution >= 4 is 28.3 Å². The number of fused-ring (bicyclic) bond motifs is 1. The molecule has 2 fully saturated rings. The molecule has 2 aliphatic heterocycles. The minimum absolute atomic E-state index is 0. The lowest BCUT2D eigenvalue weighted by Gasteiger charge is -2.33. The van der Waals surface area contributed by atoms with E-state index in [1.807, 2.05) is 0 Å². The Bertz CT molecular complexity index is 688. The lowest BCUT2D eigenvalue weighted by molar-refractivity contribution is 0.0955. The molecule has 2 unspecified atom stereocenters. The zero-order valence-electron chi connectivity index (χ0n) is 13.3. The summed E-state index contributed by atoms with van der Waals surface area (Å²) in [5, 5.41) is 5.95. The van der Waals surface area contributed by atoms with Gasteiger partial charge in [-0.3, -0.25) is 4.79 Å². The molecule has 9 heteroatoms. The van der Waals surface area contributed by atoms with Gasteiger partial charge in [0.1, 0.15) is 10.6 Å². The fourth-order valence-corrected chi connectivity index (χ4v) is 4.99. The van der Waals surface area contributed by atoms with Crippen LogP contribution in [0.15, 0.2) is 17.2 Å². The van der Waals surface area contributed by atoms with E-state index in [4.69, 9.17) is 0 Å². The summed E-state index contributed by atoms with van der Waals surface area (Å²) in [6, 6.07) is 1.90. The standard InChI is InChI=1S/C14H22N4O3S.ClH/c1-15-14(19)13-7-11(9-17(13)2)22(20,21)18-6-4-12-10(8-18)3-5-16-12;/h7,9-10,12,16H,3-6,8H2,1-2H3,(H,15,19);1H. The van der Waals surface area contributed by atoms with Gasteiger partial charge in [-0.2, -0.15) is 4.31 Å². The highest BCUT2D eigenvalue weighted by molar-refractivity contribution is 7.89. The minimum Gasteiger partial charge on any atom is -0.354 e. The number of carbonyl (C=O) groups is 1. The molecule has 0 aliphatic carbocycles. The minimum atomic E-state index is -3.54. The van der Waals surface area contributed by atoms with Crippen LogP contribution in [0.25, 0.3) is 0 Å². The average molecular weight is 363 g/mol. The van der Waals surface area contributed by atoms with Crippen LogP contribution < -0.4 is 10.6 Å². The number of carbonyl (C=O) groups excluding carboxylic acids is 1. The smallest absolute Gasteiger partial charge is 0.267 e. The van der Waals surface area contributed by atoms with Crippen molar-refractivity contribution in [2.24, 2.45) is 13.0 Å². The third-order valence-corrected chi connectivity index (χ3v) is 6.53. The SMILES string of the molecule is CNC(=O)c1cc(S(=O)(=O)N2CCC3NCCC3C2)cn1C.Cl. The molecule has 0 aromatic carbocycles. The van der Waals surface area contributed by atoms with Crippen LogP contribution in [0.1, 0.15) is 23.3 Å². The zero-order chi connectivity index (χ0) is 15.9. The van der Waals surface area contributed by atoms with E-state index >= 15 is 0 Å². The molecule has 7 nitrogen and oxygen atoms in total. The van der Waals surface area contributed by atoms with Crippen LogP contribution in [0.2, 0.25) is 0 Å². The summed E-state index contributed by atoms with van der Waals surface area (Å²) in [5.41, 5.74) is 0.346. The van der Waals surface area contributed by atoms with Crippen molar-refractivity contribution < 1.29 is 13.2 Å². The number of aromatic nitrogens is 1. The van der Waals surface area contributed by atoms with Crippen LogP contribution in [0.5, 0.6) is 0 Å². The summed E-state index contributed by atoms with van der Waals surface area (Å²) >= 11 is 0. The molecule has 1 aromatic heterocycles. The van der Waals surface area contributed by atoms with E-state index in [0.29, 0.717) is 30.7 Å². The number of hydrogen-bond donors (Lipinski definition) is 2. The van der Waals surface area contributed by atoms with Gasteiger partial charge in [0, 0.05) is 39.4 Å². The Kier molecular flexibility index (Phi) is 5.40. The lowest BCUT2D eigenvalue weighted by Crippen LogP contribution is -2.46. The molecule has 23 heavy (non-hydrogen) atoms. The van der Waals surface area contributed by atoms with Crippen LogP contribution in [0.3, 0.4) is 0 Å². The van der Waals surface area contributed by atoms with Crippen molar-refractivity contribution in [2.75, 3.05) is 26.7 Å². The molecule has 0 spiro atoms. The summed E-state index contributed by atoms with van der Waals surface area (Å²) < 4.78 is 28.7. The van der Waals surface area contributed by atoms with Gasteiger partial charge in [-0.05, 0) is 31.4 Å². The van der Waals surface area contributed by atoms with Crippen molar-refractivity contribution in [3.63, 3.8) is 0 Å². The maximum absolute atomic E-state index is 12.8. The van der Waals surface area contributed by atoms with Gasteiger partial charge >= 0.3 is 0 Å². The summed E-state index contributed by atoms with van der Waals surface area (Å²) in [6.45, 7) is 2.06. The van der Waals surface area contributed by atoms with Crippen molar-refractivity contribution in [3.05, 3.63) is 18.0 Å². The Hall–Kier alpha value is -1.09. The molecule has 130 valence electrons. The maximum atomic E-state index is 12.8. The number of amides is 1. The molecule has 1 amide bonds. The Morgan fingerprint density at radius 3 is 2.83 bits per heavy atom. The second-order valence-corrected chi connectivity index (χ2v) is 7.95. The van der Waals surface area contributed by atoms with E-state index in [-0.39, 0.29) is 23.2 Å². The van der Waals surface area contributed by atoms with Gasteiger partial charge in [0.15, 0.2) is 0 Å². The number of piperidine rings is 1. The number of rotatable bonds is 3. The van der Waals surface area contributed by atoms with E-state index in [1.54, 1.807) is 15.9 Å². The molecule has 2 N–H and O–H groups in total. The average Bonchev–Trinajstić information content (AvgIpc) is 3.12. The van der Waals surface area contributed by atoms with Gasteiger partial charge in [-0.1, -0.05) is 0 Å². The number of nitrogens with zero attached hydrogens (tertiary/aromatic N) is 2. The summed E-state index contributed by atoms with van der Waals surface area (Å²) in [6.07, 6.45) is 3.38. The second kappa shape index (κ2) is 6.80. The predicted octanol–water partition coefficient (Wildman–Crippen LogP) is 0.179. The van der Waals surface area contributed by atoms with Gasteiger partial charge in [-0.15, -0.1) is 12.4 Å². The Balaban J connectivity index is 0.00000192. The monoisotopic (exact) mass is 362 g/mol. The van der Waals surface area contributed by atoms with Gasteiger partial charge in [0.25, 0.3) is 5.91 Å². The number of aryl methyl sites for hydroxylation is 1. The number of sulfonamides is 1. The molecule has 0 saturated carbocycles. The third kappa shape index (κ3) is 3.26. The highest BCUT2D eigenvalue weighted by Gasteiger charge is 2.38. The summed E-state index contributed by atoms with van der Waals surface area (Å²) in [7, 11) is -0.333. The molecule has 3 heterocycles. The van der Waals surface area contributed by atoms with Crippen molar-refractivity contribution in [3.8, 4) is 0 Å². The number of nitrogens with one attached hydrogen (secondary N) is 2. The maximum Gasteiger partial charge on any atom is 0.267 e. The van der Waals surface area contributed by atoms with Crippen LogP contribution in [-0.4, -0.2) is 55.9 Å². The predicted molar refractivity (Wildman–Crippen MR) is 89.3 cm³/mol. The van der Waals surface area contributed by atoms with Crippen LogP contribution in [0.4, 0.5) is 0 Å². The van der Waals surface area contributed by atoms with Crippen LogP contribution >= 0.6 is 12.4 Å².